The Morgan fingerprint density at radius 2 is 2.07 bits per heavy atom. The predicted octanol–water partition coefficient (Wildman–Crippen LogP) is 1.61. The van der Waals surface area contributed by atoms with Gasteiger partial charge in [-0.05, 0) is 23.4 Å². The first-order chi connectivity index (χ1) is 6.56. The summed E-state index contributed by atoms with van der Waals surface area (Å²) in [6, 6.07) is 3.33. The molecule has 0 radical (unpaired) electrons. The molecule has 0 amide bonds. The van der Waals surface area contributed by atoms with Crippen molar-refractivity contribution >= 4 is 17.4 Å². The smallest absolute Gasteiger partial charge is 0.227 e. The molecule has 1 rings (SSSR count). The van der Waals surface area contributed by atoms with Crippen LogP contribution in [0.25, 0.3) is 0 Å². The van der Waals surface area contributed by atoms with Gasteiger partial charge in [-0.15, -0.1) is 4.91 Å². The number of aromatic hydroxyl groups is 2. The highest BCUT2D eigenvalue weighted by atomic mass is 35.5. The second-order valence-corrected chi connectivity index (χ2v) is 2.92. The molecule has 0 spiro atoms. The number of hydrogen-bond acceptors (Lipinski definition) is 5. The molecular formula is C8H6ClNO4. The average molecular weight is 216 g/mol. The number of nitroso groups, excluding NO2 is 1. The fourth-order valence-electron chi connectivity index (χ4n) is 0.898. The topological polar surface area (TPSA) is 87.0 Å². The molecule has 0 bridgehead atoms. The Labute approximate surface area is 83.9 Å². The predicted molar refractivity (Wildman–Crippen MR) is 49.5 cm³/mol. The third kappa shape index (κ3) is 2.00. The van der Waals surface area contributed by atoms with Crippen LogP contribution in [0, 0.1) is 4.91 Å². The molecule has 2 N–H and O–H groups in total. The molecule has 5 nitrogen and oxygen atoms in total. The van der Waals surface area contributed by atoms with Crippen LogP contribution >= 0.6 is 11.6 Å². The molecule has 0 aliphatic rings. The summed E-state index contributed by atoms with van der Waals surface area (Å²) in [7, 11) is 0. The van der Waals surface area contributed by atoms with Crippen LogP contribution in [0.4, 0.5) is 0 Å². The lowest BCUT2D eigenvalue weighted by Gasteiger charge is -2.03. The minimum atomic E-state index is -1.59. The van der Waals surface area contributed by atoms with Crippen LogP contribution in [-0.4, -0.2) is 21.5 Å². The van der Waals surface area contributed by atoms with E-state index in [-0.39, 0.29) is 17.1 Å². The summed E-state index contributed by atoms with van der Waals surface area (Å²) in [5.41, 5.74) is -1.83. The summed E-state index contributed by atoms with van der Waals surface area (Å²) < 4.78 is 0. The normalized spacial score (nSPS) is 12.1. The van der Waals surface area contributed by atoms with Gasteiger partial charge in [-0.25, -0.2) is 0 Å². The van der Waals surface area contributed by atoms with Crippen molar-refractivity contribution in [2.45, 2.75) is 5.50 Å². The van der Waals surface area contributed by atoms with Gasteiger partial charge in [0, 0.05) is 0 Å². The van der Waals surface area contributed by atoms with E-state index in [2.05, 4.69) is 5.18 Å². The van der Waals surface area contributed by atoms with Crippen LogP contribution in [0.2, 0.25) is 0 Å². The molecule has 0 aliphatic heterocycles. The van der Waals surface area contributed by atoms with E-state index in [1.165, 1.54) is 6.07 Å². The van der Waals surface area contributed by atoms with Crippen LogP contribution in [0.1, 0.15) is 10.4 Å². The van der Waals surface area contributed by atoms with Crippen LogP contribution in [0.3, 0.4) is 0 Å². The third-order valence-corrected chi connectivity index (χ3v) is 1.83. The minimum Gasteiger partial charge on any atom is -0.508 e. The number of benzene rings is 1. The number of nitrogens with zero attached hydrogens (tertiary/aromatic N) is 1. The standard InChI is InChI=1S/C8H6ClNO4/c9-8(10-14)7(13)5-3-4(11)1-2-6(5)12/h1-3,8,11-12H. The molecule has 14 heavy (non-hydrogen) atoms. The zero-order valence-electron chi connectivity index (χ0n) is 6.85. The molecular weight excluding hydrogens is 210 g/mol. The number of rotatable bonds is 3. The Kier molecular flexibility index (Phi) is 3.03. The Hall–Kier alpha value is -1.62. The number of ketones is 1. The van der Waals surface area contributed by atoms with Gasteiger partial charge >= 0.3 is 0 Å². The van der Waals surface area contributed by atoms with Crippen LogP contribution in [0.5, 0.6) is 11.5 Å². The number of halogens is 1. The number of carbonyl (C=O) groups is 1. The van der Waals surface area contributed by atoms with E-state index in [1.807, 2.05) is 0 Å². The summed E-state index contributed by atoms with van der Waals surface area (Å²) in [6.45, 7) is 0. The van der Waals surface area contributed by atoms with Gasteiger partial charge in [-0.1, -0.05) is 11.6 Å². The zero-order valence-corrected chi connectivity index (χ0v) is 7.60. The van der Waals surface area contributed by atoms with E-state index in [4.69, 9.17) is 16.7 Å². The second kappa shape index (κ2) is 4.06. The van der Waals surface area contributed by atoms with Crippen molar-refractivity contribution in [2.75, 3.05) is 0 Å². The summed E-state index contributed by atoms with van der Waals surface area (Å²) in [5.74, 6) is -1.42. The molecule has 0 saturated heterocycles. The molecule has 1 atom stereocenters. The molecule has 1 unspecified atom stereocenters. The molecule has 0 aromatic heterocycles. The number of Topliss-reactive ketones (excluding diaryl/α,β-unsaturated/α-hetero) is 1. The zero-order chi connectivity index (χ0) is 10.7. The number of phenolic OH excluding ortho intramolecular Hbond substituents is 2. The van der Waals surface area contributed by atoms with Crippen molar-refractivity contribution in [2.24, 2.45) is 5.18 Å². The number of phenols is 2. The van der Waals surface area contributed by atoms with Crippen LogP contribution in [-0.2, 0) is 0 Å². The van der Waals surface area contributed by atoms with Crippen molar-refractivity contribution in [3.63, 3.8) is 0 Å². The van der Waals surface area contributed by atoms with Gasteiger partial charge < -0.3 is 10.2 Å². The molecule has 1 aromatic rings. The minimum absolute atomic E-state index is 0.207. The first kappa shape index (κ1) is 10.5. The molecule has 0 heterocycles. The Balaban J connectivity index is 3.11. The van der Waals surface area contributed by atoms with Crippen molar-refractivity contribution in [1.29, 1.82) is 0 Å². The lowest BCUT2D eigenvalue weighted by atomic mass is 10.1. The summed E-state index contributed by atoms with van der Waals surface area (Å²) in [5, 5.41) is 20.5. The van der Waals surface area contributed by atoms with E-state index in [0.29, 0.717) is 0 Å². The van der Waals surface area contributed by atoms with Crippen LogP contribution in [0.15, 0.2) is 23.4 Å². The van der Waals surface area contributed by atoms with E-state index in [1.54, 1.807) is 0 Å². The lowest BCUT2D eigenvalue weighted by Crippen LogP contribution is -2.11. The molecule has 1 aromatic carbocycles. The summed E-state index contributed by atoms with van der Waals surface area (Å²) in [4.78, 5) is 21.2. The second-order valence-electron chi connectivity index (χ2n) is 2.51. The third-order valence-electron chi connectivity index (χ3n) is 1.55. The maximum absolute atomic E-state index is 11.3. The largest absolute Gasteiger partial charge is 0.508 e. The fourth-order valence-corrected chi connectivity index (χ4v) is 1.02. The monoisotopic (exact) mass is 215 g/mol. The van der Waals surface area contributed by atoms with Gasteiger partial charge in [-0.3, -0.25) is 4.79 Å². The van der Waals surface area contributed by atoms with Crippen molar-refractivity contribution in [3.8, 4) is 11.5 Å². The number of carbonyl (C=O) groups excluding carboxylic acids is 1. The Morgan fingerprint density at radius 3 is 2.64 bits per heavy atom. The first-order valence-corrected chi connectivity index (χ1v) is 4.02. The highest BCUT2D eigenvalue weighted by Crippen LogP contribution is 2.24. The fraction of sp³-hybridized carbons (Fsp3) is 0.125. The van der Waals surface area contributed by atoms with Gasteiger partial charge in [-0.2, -0.15) is 0 Å². The molecule has 6 heteroatoms. The maximum atomic E-state index is 11.3. The lowest BCUT2D eigenvalue weighted by molar-refractivity contribution is 0.0986. The van der Waals surface area contributed by atoms with Gasteiger partial charge in [0.05, 0.1) is 5.56 Å². The maximum Gasteiger partial charge on any atom is 0.227 e. The highest BCUT2D eigenvalue weighted by Gasteiger charge is 2.21. The first-order valence-electron chi connectivity index (χ1n) is 3.59. The molecule has 0 aliphatic carbocycles. The van der Waals surface area contributed by atoms with Gasteiger partial charge in [0.2, 0.25) is 11.3 Å². The summed E-state index contributed by atoms with van der Waals surface area (Å²) >= 11 is 5.25. The Bertz CT molecular complexity index is 380. The van der Waals surface area contributed by atoms with Gasteiger partial charge in [0.1, 0.15) is 11.5 Å². The van der Waals surface area contributed by atoms with Crippen molar-refractivity contribution < 1.29 is 15.0 Å². The van der Waals surface area contributed by atoms with E-state index >= 15 is 0 Å². The van der Waals surface area contributed by atoms with E-state index in [9.17, 15) is 14.8 Å². The van der Waals surface area contributed by atoms with E-state index in [0.717, 1.165) is 12.1 Å². The highest BCUT2D eigenvalue weighted by molar-refractivity contribution is 6.34. The number of hydrogen-bond donors (Lipinski definition) is 2. The molecule has 0 saturated carbocycles. The van der Waals surface area contributed by atoms with Crippen molar-refractivity contribution in [1.82, 2.24) is 0 Å². The molecule has 0 fully saturated rings. The number of alkyl halides is 1. The quantitative estimate of drug-likeness (QED) is 0.264. The van der Waals surface area contributed by atoms with E-state index < -0.39 is 11.3 Å². The SMILES string of the molecule is O=NC(Cl)C(=O)c1cc(O)ccc1O. The van der Waals surface area contributed by atoms with Crippen LogP contribution < -0.4 is 0 Å². The average Bonchev–Trinajstić information content (AvgIpc) is 2.19. The Morgan fingerprint density at radius 1 is 1.43 bits per heavy atom. The van der Waals surface area contributed by atoms with Crippen molar-refractivity contribution in [3.05, 3.63) is 28.7 Å². The molecule has 74 valence electrons. The van der Waals surface area contributed by atoms with Gasteiger partial charge in [0.25, 0.3) is 0 Å². The summed E-state index contributed by atoms with van der Waals surface area (Å²) in [6.07, 6.45) is 0. The van der Waals surface area contributed by atoms with Gasteiger partial charge in [0.15, 0.2) is 0 Å².